The van der Waals surface area contributed by atoms with Gasteiger partial charge in [-0.3, -0.25) is 4.79 Å². The minimum Gasteiger partial charge on any atom is -0.423 e. The van der Waals surface area contributed by atoms with Crippen LogP contribution in [-0.2, 0) is 5.41 Å². The zero-order chi connectivity index (χ0) is 23.6. The van der Waals surface area contributed by atoms with Crippen LogP contribution >= 0.6 is 0 Å². The molecule has 172 valence electrons. The van der Waals surface area contributed by atoms with Gasteiger partial charge in [-0.2, -0.15) is 0 Å². The van der Waals surface area contributed by atoms with Crippen molar-refractivity contribution in [1.29, 1.82) is 0 Å². The van der Waals surface area contributed by atoms with Gasteiger partial charge in [0, 0.05) is 17.5 Å². The predicted octanol–water partition coefficient (Wildman–Crippen LogP) is 5.37. The Morgan fingerprint density at radius 1 is 0.970 bits per heavy atom. The summed E-state index contributed by atoms with van der Waals surface area (Å²) in [5, 5.41) is 3.52. The molecule has 3 aromatic rings. The van der Waals surface area contributed by atoms with Gasteiger partial charge in [0.25, 0.3) is 5.91 Å². The number of benzene rings is 2. The number of hydrogen-bond acceptors (Lipinski definition) is 5. The highest BCUT2D eigenvalue weighted by molar-refractivity contribution is 5.97. The summed E-state index contributed by atoms with van der Waals surface area (Å²) in [6.45, 7) is 6.32. The Bertz CT molecular complexity index is 1230. The maximum atomic E-state index is 12.6. The third kappa shape index (κ3) is 5.33. The Balaban J connectivity index is 1.50. The fourth-order valence-electron chi connectivity index (χ4n) is 4.10. The van der Waals surface area contributed by atoms with Gasteiger partial charge in [-0.1, -0.05) is 52.2 Å². The molecule has 4 rings (SSSR count). The number of carbonyl (C=O) groups excluding carboxylic acids is 2. The molecular weight excluding hydrogens is 418 g/mol. The van der Waals surface area contributed by atoms with Crippen molar-refractivity contribution in [3.05, 3.63) is 75.6 Å². The lowest BCUT2D eigenvalue weighted by molar-refractivity contribution is 0.0734. The molecule has 2 aromatic carbocycles. The van der Waals surface area contributed by atoms with Gasteiger partial charge in [0.1, 0.15) is 16.9 Å². The predicted molar refractivity (Wildman–Crippen MR) is 127 cm³/mol. The van der Waals surface area contributed by atoms with Crippen molar-refractivity contribution in [2.45, 2.75) is 64.3 Å². The monoisotopic (exact) mass is 447 g/mol. The van der Waals surface area contributed by atoms with Gasteiger partial charge in [-0.15, -0.1) is 0 Å². The summed E-state index contributed by atoms with van der Waals surface area (Å²) in [5.74, 6) is -0.651. The van der Waals surface area contributed by atoms with E-state index >= 15 is 0 Å². The minimum atomic E-state index is -0.711. The summed E-state index contributed by atoms with van der Waals surface area (Å²) in [4.78, 5) is 37.6. The highest BCUT2D eigenvalue weighted by atomic mass is 16.5. The van der Waals surface area contributed by atoms with Crippen LogP contribution in [-0.4, -0.2) is 17.9 Å². The molecule has 6 heteroatoms. The summed E-state index contributed by atoms with van der Waals surface area (Å²) < 4.78 is 10.8. The average molecular weight is 448 g/mol. The Labute approximate surface area is 192 Å². The third-order valence-electron chi connectivity index (χ3n) is 6.09. The molecule has 1 heterocycles. The molecule has 33 heavy (non-hydrogen) atoms. The fourth-order valence-corrected chi connectivity index (χ4v) is 4.10. The molecule has 1 aliphatic carbocycles. The van der Waals surface area contributed by atoms with Gasteiger partial charge >= 0.3 is 11.6 Å². The largest absolute Gasteiger partial charge is 0.423 e. The summed E-state index contributed by atoms with van der Waals surface area (Å²) in [7, 11) is 0. The van der Waals surface area contributed by atoms with Crippen LogP contribution in [0.3, 0.4) is 0 Å². The van der Waals surface area contributed by atoms with Gasteiger partial charge < -0.3 is 14.5 Å². The van der Waals surface area contributed by atoms with E-state index in [0.717, 1.165) is 31.2 Å². The Morgan fingerprint density at radius 2 is 1.67 bits per heavy atom. The number of nitrogens with one attached hydrogen (secondary N) is 1. The lowest BCUT2D eigenvalue weighted by Crippen LogP contribution is -2.38. The molecule has 0 aliphatic heterocycles. The maximum absolute atomic E-state index is 12.6. The highest BCUT2D eigenvalue weighted by Crippen LogP contribution is 2.24. The molecule has 0 radical (unpaired) electrons. The molecule has 1 N–H and O–H groups in total. The number of carbonyl (C=O) groups is 2. The first kappa shape index (κ1) is 22.8. The maximum Gasteiger partial charge on any atom is 0.349 e. The first-order valence-electron chi connectivity index (χ1n) is 11.4. The summed E-state index contributed by atoms with van der Waals surface area (Å²) >= 11 is 0. The number of fused-ring (bicyclic) bond motifs is 1. The molecule has 0 spiro atoms. The van der Waals surface area contributed by atoms with Crippen LogP contribution in [0.15, 0.2) is 57.7 Å². The second kappa shape index (κ2) is 9.22. The quantitative estimate of drug-likeness (QED) is 0.330. The van der Waals surface area contributed by atoms with Gasteiger partial charge in [0.05, 0.1) is 5.56 Å². The molecule has 0 atom stereocenters. The highest BCUT2D eigenvalue weighted by Gasteiger charge is 2.20. The van der Waals surface area contributed by atoms with Gasteiger partial charge in [0.2, 0.25) is 0 Å². The normalized spacial score (nSPS) is 14.8. The second-order valence-corrected chi connectivity index (χ2v) is 9.67. The van der Waals surface area contributed by atoms with Crippen molar-refractivity contribution in [1.82, 2.24) is 5.32 Å². The van der Waals surface area contributed by atoms with E-state index in [4.69, 9.17) is 9.15 Å². The standard InChI is InChI=1S/C27H29NO5/c1-27(2,3)19-12-9-17(10-13-19)25(30)32-21-14-11-18-15-22(26(31)33-23(18)16-21)24(29)28-20-7-5-4-6-8-20/h9-16,20H,4-8H2,1-3H3,(H,28,29). The van der Waals surface area contributed by atoms with Crippen LogP contribution in [0.1, 0.15) is 79.2 Å². The van der Waals surface area contributed by atoms with Gasteiger partial charge in [0.15, 0.2) is 0 Å². The van der Waals surface area contributed by atoms with Crippen LogP contribution < -0.4 is 15.7 Å². The van der Waals surface area contributed by atoms with E-state index in [0.29, 0.717) is 10.9 Å². The first-order valence-corrected chi connectivity index (χ1v) is 11.4. The van der Waals surface area contributed by atoms with E-state index in [-0.39, 0.29) is 28.4 Å². The number of ether oxygens (including phenoxy) is 1. The molecule has 1 aromatic heterocycles. The van der Waals surface area contributed by atoms with E-state index in [1.54, 1.807) is 24.3 Å². The zero-order valence-electron chi connectivity index (χ0n) is 19.3. The lowest BCUT2D eigenvalue weighted by Gasteiger charge is -2.22. The number of amides is 1. The summed E-state index contributed by atoms with van der Waals surface area (Å²) in [5.41, 5.74) is 1.07. The summed E-state index contributed by atoms with van der Waals surface area (Å²) in [6.07, 6.45) is 5.20. The molecule has 1 fully saturated rings. The molecule has 0 saturated heterocycles. The number of rotatable bonds is 4. The summed E-state index contributed by atoms with van der Waals surface area (Å²) in [6, 6.07) is 13.7. The van der Waals surface area contributed by atoms with Crippen LogP contribution in [0.5, 0.6) is 5.75 Å². The van der Waals surface area contributed by atoms with Crippen LogP contribution in [0.4, 0.5) is 0 Å². The lowest BCUT2D eigenvalue weighted by atomic mass is 9.87. The van der Waals surface area contributed by atoms with Crippen LogP contribution in [0.2, 0.25) is 0 Å². The first-order chi connectivity index (χ1) is 15.7. The van der Waals surface area contributed by atoms with E-state index in [9.17, 15) is 14.4 Å². The Kier molecular flexibility index (Phi) is 6.36. The van der Waals surface area contributed by atoms with E-state index in [1.165, 1.54) is 18.6 Å². The van der Waals surface area contributed by atoms with Crippen LogP contribution in [0.25, 0.3) is 11.0 Å². The molecule has 1 saturated carbocycles. The van der Waals surface area contributed by atoms with Crippen molar-refractivity contribution in [2.24, 2.45) is 0 Å². The smallest absolute Gasteiger partial charge is 0.349 e. The van der Waals surface area contributed by atoms with Crippen LogP contribution in [0, 0.1) is 0 Å². The van der Waals surface area contributed by atoms with E-state index in [1.807, 2.05) is 12.1 Å². The number of hydrogen-bond donors (Lipinski definition) is 1. The molecular formula is C27H29NO5. The van der Waals surface area contributed by atoms with Crippen molar-refractivity contribution in [2.75, 3.05) is 0 Å². The number of esters is 1. The van der Waals surface area contributed by atoms with Crippen molar-refractivity contribution in [3.63, 3.8) is 0 Å². The third-order valence-corrected chi connectivity index (χ3v) is 6.09. The second-order valence-electron chi connectivity index (χ2n) is 9.67. The minimum absolute atomic E-state index is 0.00944. The van der Waals surface area contributed by atoms with Gasteiger partial charge in [-0.05, 0) is 54.2 Å². The van der Waals surface area contributed by atoms with Crippen molar-refractivity contribution >= 4 is 22.8 Å². The fraction of sp³-hybridized carbons (Fsp3) is 0.370. The Morgan fingerprint density at radius 3 is 2.33 bits per heavy atom. The van der Waals surface area contributed by atoms with E-state index < -0.39 is 17.5 Å². The molecule has 1 amide bonds. The molecule has 0 bridgehead atoms. The molecule has 6 nitrogen and oxygen atoms in total. The topological polar surface area (TPSA) is 85.6 Å². The van der Waals surface area contributed by atoms with Crippen molar-refractivity contribution in [3.8, 4) is 5.75 Å². The van der Waals surface area contributed by atoms with E-state index in [2.05, 4.69) is 26.1 Å². The molecule has 0 unspecified atom stereocenters. The van der Waals surface area contributed by atoms with Gasteiger partial charge in [-0.25, -0.2) is 9.59 Å². The zero-order valence-corrected chi connectivity index (χ0v) is 19.3. The molecule has 1 aliphatic rings. The average Bonchev–Trinajstić information content (AvgIpc) is 2.78. The van der Waals surface area contributed by atoms with Crippen molar-refractivity contribution < 1.29 is 18.7 Å². The Hall–Kier alpha value is -3.41. The SMILES string of the molecule is CC(C)(C)c1ccc(C(=O)Oc2ccc3cc(C(=O)NC4CCCCC4)c(=O)oc3c2)cc1.